The molecule has 0 bridgehead atoms. The number of anilines is 1. The maximum atomic E-state index is 12.9. The predicted molar refractivity (Wildman–Crippen MR) is 124 cm³/mol. The van der Waals surface area contributed by atoms with Gasteiger partial charge in [0.25, 0.3) is 0 Å². The van der Waals surface area contributed by atoms with Gasteiger partial charge in [0.15, 0.2) is 0 Å². The van der Waals surface area contributed by atoms with Crippen LogP contribution in [0, 0.1) is 5.92 Å². The Morgan fingerprint density at radius 2 is 2.00 bits per heavy atom. The first-order valence-corrected chi connectivity index (χ1v) is 11.0. The number of piperidine rings is 1. The molecule has 4 heterocycles. The second-order valence-corrected chi connectivity index (χ2v) is 8.20. The molecular formula is C26H26N4O2. The van der Waals surface area contributed by atoms with E-state index < -0.39 is 0 Å². The predicted octanol–water partition coefficient (Wildman–Crippen LogP) is 4.98. The second-order valence-electron chi connectivity index (χ2n) is 8.20. The molecule has 1 N–H and O–H groups in total. The monoisotopic (exact) mass is 426 g/mol. The molecular weight excluding hydrogens is 400 g/mol. The summed E-state index contributed by atoms with van der Waals surface area (Å²) in [6, 6.07) is 19.8. The van der Waals surface area contributed by atoms with Gasteiger partial charge in [-0.25, -0.2) is 0 Å². The van der Waals surface area contributed by atoms with Crippen LogP contribution in [-0.4, -0.2) is 33.4 Å². The summed E-state index contributed by atoms with van der Waals surface area (Å²) in [4.78, 5) is 19.5. The highest BCUT2D eigenvalue weighted by atomic mass is 16.3. The summed E-state index contributed by atoms with van der Waals surface area (Å²) >= 11 is 0. The van der Waals surface area contributed by atoms with Crippen molar-refractivity contribution in [2.75, 3.05) is 18.4 Å². The lowest BCUT2D eigenvalue weighted by Crippen LogP contribution is -2.40. The highest BCUT2D eigenvalue weighted by molar-refractivity contribution is 5.93. The van der Waals surface area contributed by atoms with Crippen molar-refractivity contribution in [2.45, 2.75) is 19.4 Å². The number of furan rings is 1. The summed E-state index contributed by atoms with van der Waals surface area (Å²) in [5.41, 5.74) is 4.06. The average molecular weight is 427 g/mol. The first kappa shape index (κ1) is 20.3. The van der Waals surface area contributed by atoms with E-state index in [0.29, 0.717) is 0 Å². The SMILES string of the molecule is O=C(Nc1ccc(-c2ccco2)cc1)C1CCCN(Cc2cccn2-c2cccnc2)C1. The first-order valence-electron chi connectivity index (χ1n) is 11.0. The summed E-state index contributed by atoms with van der Waals surface area (Å²) in [6.07, 6.45) is 9.30. The Kier molecular flexibility index (Phi) is 5.85. The van der Waals surface area contributed by atoms with Gasteiger partial charge in [-0.3, -0.25) is 14.7 Å². The molecule has 6 nitrogen and oxygen atoms in total. The Balaban J connectivity index is 1.21. The highest BCUT2D eigenvalue weighted by Gasteiger charge is 2.26. The molecule has 1 fully saturated rings. The van der Waals surface area contributed by atoms with E-state index in [2.05, 4.69) is 44.2 Å². The van der Waals surface area contributed by atoms with Gasteiger partial charge in [0.2, 0.25) is 5.91 Å². The molecule has 0 aliphatic carbocycles. The van der Waals surface area contributed by atoms with E-state index in [4.69, 9.17) is 4.42 Å². The van der Waals surface area contributed by atoms with Crippen LogP contribution in [0.2, 0.25) is 0 Å². The van der Waals surface area contributed by atoms with Crippen LogP contribution in [0.15, 0.2) is 89.9 Å². The zero-order valence-electron chi connectivity index (χ0n) is 17.9. The molecule has 0 saturated carbocycles. The number of carbonyl (C=O) groups excluding carboxylic acids is 1. The van der Waals surface area contributed by atoms with Gasteiger partial charge in [-0.15, -0.1) is 0 Å². The van der Waals surface area contributed by atoms with Crippen molar-refractivity contribution in [2.24, 2.45) is 5.92 Å². The largest absolute Gasteiger partial charge is 0.464 e. The molecule has 4 aromatic rings. The summed E-state index contributed by atoms with van der Waals surface area (Å²) in [5, 5.41) is 3.09. The Labute approximate surface area is 187 Å². The summed E-state index contributed by atoms with van der Waals surface area (Å²) < 4.78 is 7.59. The minimum atomic E-state index is -0.0182. The number of nitrogens with zero attached hydrogens (tertiary/aromatic N) is 3. The number of carbonyl (C=O) groups is 1. The fourth-order valence-electron chi connectivity index (χ4n) is 4.34. The van der Waals surface area contributed by atoms with Crippen molar-refractivity contribution < 1.29 is 9.21 Å². The Morgan fingerprint density at radius 3 is 2.78 bits per heavy atom. The molecule has 5 rings (SSSR count). The third-order valence-corrected chi connectivity index (χ3v) is 5.98. The van der Waals surface area contributed by atoms with Crippen LogP contribution in [0.25, 0.3) is 17.0 Å². The molecule has 3 aromatic heterocycles. The number of hydrogen-bond acceptors (Lipinski definition) is 4. The first-order chi connectivity index (χ1) is 15.8. The molecule has 1 aliphatic heterocycles. The van der Waals surface area contributed by atoms with Crippen LogP contribution in [0.4, 0.5) is 5.69 Å². The number of hydrogen-bond donors (Lipinski definition) is 1. The molecule has 0 radical (unpaired) electrons. The number of amides is 1. The number of pyridine rings is 1. The fraction of sp³-hybridized carbons (Fsp3) is 0.231. The molecule has 162 valence electrons. The second kappa shape index (κ2) is 9.24. The Hall–Kier alpha value is -3.64. The number of likely N-dealkylation sites (tertiary alicyclic amines) is 1. The standard InChI is InChI=1S/C26H26N4O2/c31-26(28-22-11-9-20(10-12-22)25-8-4-16-32-25)21-5-2-14-29(18-21)19-24-7-3-15-30(24)23-6-1-13-27-17-23/h1,3-4,6-13,15-17,21H,2,5,14,18-19H2,(H,28,31). The number of benzene rings is 1. The van der Waals surface area contributed by atoms with Crippen molar-refractivity contribution in [3.05, 3.63) is 91.2 Å². The van der Waals surface area contributed by atoms with Crippen LogP contribution < -0.4 is 5.32 Å². The molecule has 1 aromatic carbocycles. The van der Waals surface area contributed by atoms with E-state index in [0.717, 1.165) is 55.2 Å². The van der Waals surface area contributed by atoms with Gasteiger partial charge in [0, 0.05) is 42.4 Å². The van der Waals surface area contributed by atoms with Crippen LogP contribution in [0.5, 0.6) is 0 Å². The number of nitrogens with one attached hydrogen (secondary N) is 1. The molecule has 32 heavy (non-hydrogen) atoms. The van der Waals surface area contributed by atoms with Crippen LogP contribution in [0.1, 0.15) is 18.5 Å². The van der Waals surface area contributed by atoms with Crippen LogP contribution >= 0.6 is 0 Å². The van der Waals surface area contributed by atoms with Gasteiger partial charge in [0.05, 0.1) is 24.1 Å². The van der Waals surface area contributed by atoms with E-state index in [1.807, 2.05) is 48.7 Å². The third-order valence-electron chi connectivity index (χ3n) is 5.98. The van der Waals surface area contributed by atoms with Gasteiger partial charge < -0.3 is 14.3 Å². The van der Waals surface area contributed by atoms with E-state index in [9.17, 15) is 4.79 Å². The maximum Gasteiger partial charge on any atom is 0.228 e. The lowest BCUT2D eigenvalue weighted by molar-refractivity contribution is -0.121. The van der Waals surface area contributed by atoms with Crippen LogP contribution in [-0.2, 0) is 11.3 Å². The molecule has 1 aliphatic rings. The molecule has 1 amide bonds. The number of aromatic nitrogens is 2. The van der Waals surface area contributed by atoms with Gasteiger partial charge >= 0.3 is 0 Å². The molecule has 0 spiro atoms. The molecule has 6 heteroatoms. The highest BCUT2D eigenvalue weighted by Crippen LogP contribution is 2.24. The van der Waals surface area contributed by atoms with E-state index in [-0.39, 0.29) is 11.8 Å². The van der Waals surface area contributed by atoms with Crippen LogP contribution in [0.3, 0.4) is 0 Å². The molecule has 1 atom stereocenters. The number of rotatable bonds is 6. The average Bonchev–Trinajstić information content (AvgIpc) is 3.53. The quantitative estimate of drug-likeness (QED) is 0.472. The Bertz CT molecular complexity index is 1150. The molecule has 1 saturated heterocycles. The minimum absolute atomic E-state index is 0.0182. The minimum Gasteiger partial charge on any atom is -0.464 e. The lowest BCUT2D eigenvalue weighted by Gasteiger charge is -2.32. The van der Waals surface area contributed by atoms with Gasteiger partial charge in [-0.2, -0.15) is 0 Å². The molecule has 1 unspecified atom stereocenters. The van der Waals surface area contributed by atoms with E-state index in [1.165, 1.54) is 5.69 Å². The topological polar surface area (TPSA) is 63.3 Å². The van der Waals surface area contributed by atoms with Gasteiger partial charge in [-0.05, 0) is 80.1 Å². The van der Waals surface area contributed by atoms with Crippen molar-refractivity contribution >= 4 is 11.6 Å². The van der Waals surface area contributed by atoms with E-state index >= 15 is 0 Å². The van der Waals surface area contributed by atoms with Crippen molar-refractivity contribution in [3.63, 3.8) is 0 Å². The summed E-state index contributed by atoms with van der Waals surface area (Å²) in [7, 11) is 0. The zero-order chi connectivity index (χ0) is 21.8. The summed E-state index contributed by atoms with van der Waals surface area (Å²) in [6.45, 7) is 2.57. The third kappa shape index (κ3) is 4.50. The van der Waals surface area contributed by atoms with Gasteiger partial charge in [-0.1, -0.05) is 0 Å². The van der Waals surface area contributed by atoms with Crippen molar-refractivity contribution in [1.82, 2.24) is 14.5 Å². The fourth-order valence-corrected chi connectivity index (χ4v) is 4.34. The smallest absolute Gasteiger partial charge is 0.228 e. The van der Waals surface area contributed by atoms with Crippen molar-refractivity contribution in [1.29, 1.82) is 0 Å². The lowest BCUT2D eigenvalue weighted by atomic mass is 9.97. The van der Waals surface area contributed by atoms with Crippen molar-refractivity contribution in [3.8, 4) is 17.0 Å². The van der Waals surface area contributed by atoms with Gasteiger partial charge in [0.1, 0.15) is 5.76 Å². The Morgan fingerprint density at radius 1 is 1.09 bits per heavy atom. The summed E-state index contributed by atoms with van der Waals surface area (Å²) in [5.74, 6) is 0.889. The zero-order valence-corrected chi connectivity index (χ0v) is 17.9. The van der Waals surface area contributed by atoms with E-state index in [1.54, 1.807) is 12.5 Å². The normalized spacial score (nSPS) is 16.7. The maximum absolute atomic E-state index is 12.9.